The Balaban J connectivity index is 3.03. The van der Waals surface area contributed by atoms with Gasteiger partial charge >= 0.3 is 57.9 Å². The maximum absolute atomic E-state index is 10.1. The van der Waals surface area contributed by atoms with E-state index in [2.05, 4.69) is 0 Å². The van der Waals surface area contributed by atoms with Crippen molar-refractivity contribution in [3.05, 3.63) is 21.0 Å². The number of aldehydes is 1. The molecular formula is C6H3NOSe. The second-order valence-corrected chi connectivity index (χ2v) is 3.45. The summed E-state index contributed by atoms with van der Waals surface area (Å²) < 4.78 is 0.749. The number of hydrogen-bond acceptors (Lipinski definition) is 2. The summed E-state index contributed by atoms with van der Waals surface area (Å²) in [5.41, 5.74) is 0.622. The summed E-state index contributed by atoms with van der Waals surface area (Å²) in [6.45, 7) is 0. The van der Waals surface area contributed by atoms with Crippen LogP contribution in [0, 0.1) is 11.3 Å². The van der Waals surface area contributed by atoms with E-state index in [1.54, 1.807) is 11.0 Å². The van der Waals surface area contributed by atoms with Crippen LogP contribution in [0.2, 0.25) is 0 Å². The van der Waals surface area contributed by atoms with Gasteiger partial charge in [0.15, 0.2) is 0 Å². The normalized spacial score (nSPS) is 8.33. The summed E-state index contributed by atoms with van der Waals surface area (Å²) in [6, 6.07) is 3.60. The molecule has 0 amide bonds. The van der Waals surface area contributed by atoms with Gasteiger partial charge in [0.25, 0.3) is 0 Å². The van der Waals surface area contributed by atoms with E-state index in [0.29, 0.717) is 5.56 Å². The Morgan fingerprint density at radius 3 is 2.89 bits per heavy atom. The Hall–Kier alpha value is -0.841. The summed E-state index contributed by atoms with van der Waals surface area (Å²) in [4.78, 5) is 11.9. The third-order valence-corrected chi connectivity index (χ3v) is 2.67. The Bertz CT molecular complexity index is 258. The molecule has 0 aliphatic carbocycles. The van der Waals surface area contributed by atoms with E-state index in [4.69, 9.17) is 5.26 Å². The molecule has 0 saturated heterocycles. The van der Waals surface area contributed by atoms with Crippen LogP contribution in [0.1, 0.15) is 14.8 Å². The van der Waals surface area contributed by atoms with Crippen LogP contribution in [0.5, 0.6) is 0 Å². The van der Waals surface area contributed by atoms with E-state index >= 15 is 0 Å². The van der Waals surface area contributed by atoms with E-state index in [-0.39, 0.29) is 14.5 Å². The average Bonchev–Trinajstić information content (AvgIpc) is 2.34. The third-order valence-electron chi connectivity index (χ3n) is 0.865. The van der Waals surface area contributed by atoms with Crippen molar-refractivity contribution in [2.24, 2.45) is 0 Å². The minimum absolute atomic E-state index is 0.118. The molecule has 0 unspecified atom stereocenters. The molecule has 0 N–H and O–H groups in total. The maximum atomic E-state index is 10.1. The molecule has 1 aromatic rings. The van der Waals surface area contributed by atoms with Gasteiger partial charge in [0, 0.05) is 0 Å². The molecule has 0 bridgehead atoms. The average molecular weight is 184 g/mol. The molecule has 1 aromatic heterocycles. The number of carbonyl (C=O) groups is 1. The predicted octanol–water partition coefficient (Wildman–Crippen LogP) is 0.428. The van der Waals surface area contributed by atoms with Gasteiger partial charge in [-0.05, 0) is 0 Å². The van der Waals surface area contributed by atoms with Crippen molar-refractivity contribution in [3.63, 3.8) is 0 Å². The summed E-state index contributed by atoms with van der Waals surface area (Å²) in [6.07, 6.45) is 0.806. The zero-order chi connectivity index (χ0) is 6.69. The van der Waals surface area contributed by atoms with Gasteiger partial charge in [-0.25, -0.2) is 0 Å². The van der Waals surface area contributed by atoms with Crippen LogP contribution in [0.25, 0.3) is 0 Å². The summed E-state index contributed by atoms with van der Waals surface area (Å²) in [7, 11) is 0. The SMILES string of the molecule is N#Cc1c[se]c(C=O)c1. The molecule has 0 aliphatic rings. The second-order valence-electron chi connectivity index (χ2n) is 1.47. The van der Waals surface area contributed by atoms with Crippen molar-refractivity contribution in [1.29, 1.82) is 5.26 Å². The van der Waals surface area contributed by atoms with E-state index in [0.717, 1.165) is 10.7 Å². The van der Waals surface area contributed by atoms with Crippen LogP contribution in [-0.4, -0.2) is 20.8 Å². The monoisotopic (exact) mass is 185 g/mol. The van der Waals surface area contributed by atoms with Crippen LogP contribution in [0.15, 0.2) is 11.0 Å². The van der Waals surface area contributed by atoms with Crippen molar-refractivity contribution in [3.8, 4) is 6.07 Å². The molecule has 1 rings (SSSR count). The third kappa shape index (κ3) is 1.29. The number of rotatable bonds is 1. The van der Waals surface area contributed by atoms with E-state index in [1.165, 1.54) is 0 Å². The molecular weight excluding hydrogens is 181 g/mol. The minimum atomic E-state index is 0.118. The first-order valence-electron chi connectivity index (χ1n) is 2.30. The first-order valence-corrected chi connectivity index (χ1v) is 4.15. The van der Waals surface area contributed by atoms with Crippen LogP contribution < -0.4 is 0 Å². The molecule has 1 heterocycles. The zero-order valence-electron chi connectivity index (χ0n) is 4.50. The Morgan fingerprint density at radius 1 is 1.78 bits per heavy atom. The fraction of sp³-hybridized carbons (Fsp3) is 0. The molecule has 0 spiro atoms. The van der Waals surface area contributed by atoms with E-state index in [9.17, 15) is 4.79 Å². The number of carbonyl (C=O) groups excluding carboxylic acids is 1. The number of nitrogens with zero attached hydrogens (tertiary/aromatic N) is 1. The van der Waals surface area contributed by atoms with Gasteiger partial charge in [0.1, 0.15) is 0 Å². The van der Waals surface area contributed by atoms with E-state index in [1.807, 2.05) is 6.07 Å². The standard InChI is InChI=1S/C6H3NOSe/c7-2-5-1-6(3-8)9-4-5/h1,3-4H. The van der Waals surface area contributed by atoms with Crippen LogP contribution >= 0.6 is 0 Å². The molecule has 0 aliphatic heterocycles. The van der Waals surface area contributed by atoms with Crippen molar-refractivity contribution in [2.45, 2.75) is 0 Å². The van der Waals surface area contributed by atoms with E-state index < -0.39 is 0 Å². The molecule has 9 heavy (non-hydrogen) atoms. The van der Waals surface area contributed by atoms with Gasteiger partial charge in [0.05, 0.1) is 0 Å². The molecule has 44 valence electrons. The molecule has 0 atom stereocenters. The first-order chi connectivity index (χ1) is 4.36. The van der Waals surface area contributed by atoms with Gasteiger partial charge < -0.3 is 0 Å². The van der Waals surface area contributed by atoms with Gasteiger partial charge in [0.2, 0.25) is 0 Å². The number of nitriles is 1. The fourth-order valence-corrected chi connectivity index (χ4v) is 1.80. The topological polar surface area (TPSA) is 40.9 Å². The first kappa shape index (κ1) is 6.28. The molecule has 0 fully saturated rings. The van der Waals surface area contributed by atoms with Crippen molar-refractivity contribution in [2.75, 3.05) is 0 Å². The van der Waals surface area contributed by atoms with Gasteiger partial charge in [-0.15, -0.1) is 0 Å². The van der Waals surface area contributed by atoms with Gasteiger partial charge in [-0.1, -0.05) is 0 Å². The van der Waals surface area contributed by atoms with Gasteiger partial charge in [-0.2, -0.15) is 0 Å². The Morgan fingerprint density at radius 2 is 2.56 bits per heavy atom. The van der Waals surface area contributed by atoms with Gasteiger partial charge in [-0.3, -0.25) is 0 Å². The zero-order valence-corrected chi connectivity index (χ0v) is 6.21. The van der Waals surface area contributed by atoms with Crippen LogP contribution in [0.3, 0.4) is 0 Å². The van der Waals surface area contributed by atoms with Crippen molar-refractivity contribution < 1.29 is 4.79 Å². The molecule has 0 radical (unpaired) electrons. The quantitative estimate of drug-likeness (QED) is 0.469. The fourth-order valence-electron chi connectivity index (χ4n) is 0.473. The second kappa shape index (κ2) is 2.63. The summed E-state index contributed by atoms with van der Waals surface area (Å²) >= 11 is 0.118. The van der Waals surface area contributed by atoms with Crippen LogP contribution in [0.4, 0.5) is 0 Å². The summed E-state index contributed by atoms with van der Waals surface area (Å²) in [5.74, 6) is 0. The van der Waals surface area contributed by atoms with Crippen molar-refractivity contribution in [1.82, 2.24) is 0 Å². The van der Waals surface area contributed by atoms with Crippen molar-refractivity contribution >= 4 is 20.8 Å². The predicted molar refractivity (Wildman–Crippen MR) is 33.5 cm³/mol. The molecule has 0 aromatic carbocycles. The molecule has 2 nitrogen and oxygen atoms in total. The molecule has 0 saturated carbocycles. The Kier molecular flexibility index (Phi) is 1.84. The Labute approximate surface area is 58.5 Å². The van der Waals surface area contributed by atoms with Crippen LogP contribution in [-0.2, 0) is 0 Å². The molecule has 3 heteroatoms. The number of hydrogen-bond donors (Lipinski definition) is 0. The summed E-state index contributed by atoms with van der Waals surface area (Å²) in [5, 5.41) is 8.31.